The number of carboxylic acids is 1. The molecule has 1 aliphatic rings. The van der Waals surface area contributed by atoms with E-state index in [1.165, 1.54) is 0 Å². The van der Waals surface area contributed by atoms with Crippen molar-refractivity contribution in [1.82, 2.24) is 5.32 Å². The fraction of sp³-hybridized carbons (Fsp3) is 0.385. The average molecular weight is 304 g/mol. The van der Waals surface area contributed by atoms with E-state index in [-0.39, 0.29) is 22.9 Å². The Balaban J connectivity index is 2.14. The molecule has 2 rings (SSSR count). The molecule has 0 aliphatic heterocycles. The standard InChI is InChI=1S/C13H12ClF2NO3/c14-8-4-10(16)9(15)3-7(8)13(20)17-11(5-12(18)19)6-1-2-6/h3-4,6,11H,1-2,5H2,(H,17,20)(H,18,19). The lowest BCUT2D eigenvalue weighted by Crippen LogP contribution is -2.38. The SMILES string of the molecule is O=C(O)CC(NC(=O)c1cc(F)c(F)cc1Cl)C1CC1. The van der Waals surface area contributed by atoms with Gasteiger partial charge in [-0.2, -0.15) is 0 Å². The van der Waals surface area contributed by atoms with Crippen LogP contribution in [-0.2, 0) is 4.79 Å². The molecule has 20 heavy (non-hydrogen) atoms. The highest BCUT2D eigenvalue weighted by Crippen LogP contribution is 2.34. The summed E-state index contributed by atoms with van der Waals surface area (Å²) in [6, 6.07) is 0.900. The highest BCUT2D eigenvalue weighted by Gasteiger charge is 2.34. The van der Waals surface area contributed by atoms with Crippen LogP contribution in [0.5, 0.6) is 0 Å². The van der Waals surface area contributed by atoms with E-state index in [2.05, 4.69) is 5.32 Å². The molecule has 2 N–H and O–H groups in total. The van der Waals surface area contributed by atoms with Gasteiger partial charge in [-0.25, -0.2) is 8.78 Å². The molecule has 0 aromatic heterocycles. The maximum absolute atomic E-state index is 13.1. The number of carboxylic acid groups (broad SMARTS) is 1. The van der Waals surface area contributed by atoms with Crippen molar-refractivity contribution >= 4 is 23.5 Å². The fourth-order valence-electron chi connectivity index (χ4n) is 1.96. The molecule has 1 aliphatic carbocycles. The average Bonchev–Trinajstić information content (AvgIpc) is 3.16. The van der Waals surface area contributed by atoms with Crippen molar-refractivity contribution < 1.29 is 23.5 Å². The molecule has 1 saturated carbocycles. The monoisotopic (exact) mass is 303 g/mol. The summed E-state index contributed by atoms with van der Waals surface area (Å²) in [5.41, 5.74) is -0.207. The molecule has 1 atom stereocenters. The van der Waals surface area contributed by atoms with Crippen molar-refractivity contribution in [1.29, 1.82) is 0 Å². The Labute approximate surface area is 118 Å². The Morgan fingerprint density at radius 1 is 1.35 bits per heavy atom. The van der Waals surface area contributed by atoms with Crippen LogP contribution in [0.3, 0.4) is 0 Å². The number of benzene rings is 1. The van der Waals surface area contributed by atoms with Gasteiger partial charge in [-0.05, 0) is 30.9 Å². The molecule has 0 spiro atoms. The molecule has 1 fully saturated rings. The number of carbonyl (C=O) groups excluding carboxylic acids is 1. The van der Waals surface area contributed by atoms with E-state index in [0.717, 1.165) is 18.9 Å². The van der Waals surface area contributed by atoms with Gasteiger partial charge in [-0.15, -0.1) is 0 Å². The number of nitrogens with one attached hydrogen (secondary N) is 1. The third-order valence-electron chi connectivity index (χ3n) is 3.16. The first-order valence-electron chi connectivity index (χ1n) is 6.05. The van der Waals surface area contributed by atoms with Crippen molar-refractivity contribution in [3.05, 3.63) is 34.4 Å². The van der Waals surface area contributed by atoms with Crippen LogP contribution in [0, 0.1) is 17.6 Å². The molecule has 1 unspecified atom stereocenters. The van der Waals surface area contributed by atoms with Gasteiger partial charge in [-0.3, -0.25) is 9.59 Å². The molecule has 7 heteroatoms. The van der Waals surface area contributed by atoms with Crippen molar-refractivity contribution in [3.8, 4) is 0 Å². The predicted molar refractivity (Wildman–Crippen MR) is 67.6 cm³/mol. The van der Waals surface area contributed by atoms with E-state index < -0.39 is 29.6 Å². The Morgan fingerprint density at radius 2 is 1.95 bits per heavy atom. The van der Waals surface area contributed by atoms with Gasteiger partial charge in [-0.1, -0.05) is 11.6 Å². The quantitative estimate of drug-likeness (QED) is 0.822. The first-order valence-corrected chi connectivity index (χ1v) is 6.43. The summed E-state index contributed by atoms with van der Waals surface area (Å²) in [7, 11) is 0. The summed E-state index contributed by atoms with van der Waals surface area (Å²) < 4.78 is 26.1. The number of hydrogen-bond donors (Lipinski definition) is 2. The second-order valence-electron chi connectivity index (χ2n) is 4.76. The van der Waals surface area contributed by atoms with E-state index in [9.17, 15) is 18.4 Å². The largest absolute Gasteiger partial charge is 0.481 e. The number of halogens is 3. The zero-order valence-corrected chi connectivity index (χ0v) is 11.1. The lowest BCUT2D eigenvalue weighted by atomic mass is 10.1. The van der Waals surface area contributed by atoms with Crippen LogP contribution in [0.15, 0.2) is 12.1 Å². The molecule has 1 aromatic carbocycles. The summed E-state index contributed by atoms with van der Waals surface area (Å²) in [5.74, 6) is -3.94. The lowest BCUT2D eigenvalue weighted by Gasteiger charge is -2.16. The summed E-state index contributed by atoms with van der Waals surface area (Å²) in [4.78, 5) is 22.7. The Hall–Kier alpha value is -1.69. The maximum Gasteiger partial charge on any atom is 0.305 e. The zero-order valence-electron chi connectivity index (χ0n) is 10.3. The van der Waals surface area contributed by atoms with Crippen LogP contribution in [0.4, 0.5) is 8.78 Å². The molecule has 0 bridgehead atoms. The Bertz CT molecular complexity index is 561. The minimum atomic E-state index is -1.18. The molecular formula is C13H12ClF2NO3. The zero-order chi connectivity index (χ0) is 14.9. The van der Waals surface area contributed by atoms with Gasteiger partial charge in [0, 0.05) is 6.04 Å². The summed E-state index contributed by atoms with van der Waals surface area (Å²) in [5, 5.41) is 11.1. The molecule has 4 nitrogen and oxygen atoms in total. The molecule has 0 saturated heterocycles. The Kier molecular flexibility index (Phi) is 4.23. The highest BCUT2D eigenvalue weighted by molar-refractivity contribution is 6.33. The van der Waals surface area contributed by atoms with Gasteiger partial charge in [0.25, 0.3) is 5.91 Å². The molecular weight excluding hydrogens is 292 g/mol. The number of carbonyl (C=O) groups is 2. The number of hydrogen-bond acceptors (Lipinski definition) is 2. The third kappa shape index (κ3) is 3.45. The van der Waals surface area contributed by atoms with Crippen LogP contribution < -0.4 is 5.32 Å². The highest BCUT2D eigenvalue weighted by atomic mass is 35.5. The first-order chi connectivity index (χ1) is 9.38. The molecule has 0 radical (unpaired) electrons. The molecule has 0 heterocycles. The van der Waals surface area contributed by atoms with E-state index in [4.69, 9.17) is 16.7 Å². The van der Waals surface area contributed by atoms with Crippen molar-refractivity contribution in [2.24, 2.45) is 5.92 Å². The van der Waals surface area contributed by atoms with E-state index in [1.54, 1.807) is 0 Å². The topological polar surface area (TPSA) is 66.4 Å². The van der Waals surface area contributed by atoms with Gasteiger partial charge >= 0.3 is 5.97 Å². The Morgan fingerprint density at radius 3 is 2.50 bits per heavy atom. The second kappa shape index (κ2) is 5.75. The van der Waals surface area contributed by atoms with E-state index in [0.29, 0.717) is 6.07 Å². The van der Waals surface area contributed by atoms with E-state index >= 15 is 0 Å². The molecule has 1 aromatic rings. The number of rotatable bonds is 5. The second-order valence-corrected chi connectivity index (χ2v) is 5.17. The van der Waals surface area contributed by atoms with Gasteiger partial charge in [0.05, 0.1) is 17.0 Å². The number of aliphatic carboxylic acids is 1. The molecule has 108 valence electrons. The van der Waals surface area contributed by atoms with Crippen LogP contribution in [0.25, 0.3) is 0 Å². The van der Waals surface area contributed by atoms with Crippen LogP contribution >= 0.6 is 11.6 Å². The van der Waals surface area contributed by atoms with Crippen LogP contribution in [0.2, 0.25) is 5.02 Å². The smallest absolute Gasteiger partial charge is 0.305 e. The summed E-state index contributed by atoms with van der Waals surface area (Å²) in [6.07, 6.45) is 1.46. The van der Waals surface area contributed by atoms with Crippen molar-refractivity contribution in [2.75, 3.05) is 0 Å². The predicted octanol–water partition coefficient (Wildman–Crippen LogP) is 2.60. The van der Waals surface area contributed by atoms with Gasteiger partial charge in [0.1, 0.15) is 0 Å². The van der Waals surface area contributed by atoms with Gasteiger partial charge < -0.3 is 10.4 Å². The number of amides is 1. The minimum Gasteiger partial charge on any atom is -0.481 e. The summed E-state index contributed by atoms with van der Waals surface area (Å²) in [6.45, 7) is 0. The minimum absolute atomic E-state index is 0.110. The maximum atomic E-state index is 13.1. The van der Waals surface area contributed by atoms with Gasteiger partial charge in [0.15, 0.2) is 11.6 Å². The third-order valence-corrected chi connectivity index (χ3v) is 3.47. The van der Waals surface area contributed by atoms with Crippen LogP contribution in [-0.4, -0.2) is 23.0 Å². The first kappa shape index (κ1) is 14.7. The van der Waals surface area contributed by atoms with Gasteiger partial charge in [0.2, 0.25) is 0 Å². The molecule has 1 amide bonds. The fourth-order valence-corrected chi connectivity index (χ4v) is 2.20. The summed E-state index contributed by atoms with van der Waals surface area (Å²) >= 11 is 5.70. The normalized spacial score (nSPS) is 15.8. The van der Waals surface area contributed by atoms with Crippen molar-refractivity contribution in [2.45, 2.75) is 25.3 Å². The van der Waals surface area contributed by atoms with Crippen molar-refractivity contribution in [3.63, 3.8) is 0 Å². The lowest BCUT2D eigenvalue weighted by molar-refractivity contribution is -0.137. The van der Waals surface area contributed by atoms with E-state index in [1.807, 2.05) is 0 Å². The van der Waals surface area contributed by atoms with Crippen LogP contribution in [0.1, 0.15) is 29.6 Å².